The summed E-state index contributed by atoms with van der Waals surface area (Å²) in [4.78, 5) is 11.9. The van der Waals surface area contributed by atoms with E-state index < -0.39 is 0 Å². The maximum Gasteiger partial charge on any atom is 0.123 e. The van der Waals surface area contributed by atoms with Crippen LogP contribution in [0.3, 0.4) is 0 Å². The fraction of sp³-hybridized carbons (Fsp3) is 0.0385. The minimum Gasteiger partial charge on any atom is -0.352 e. The first-order valence-electron chi connectivity index (χ1n) is 10.2. The van der Waals surface area contributed by atoms with Gasteiger partial charge >= 0.3 is 0 Å². The average Bonchev–Trinajstić information content (AvgIpc) is 3.43. The zero-order valence-corrected chi connectivity index (χ0v) is 17.4. The lowest BCUT2D eigenvalue weighted by Gasteiger charge is -2.02. The molecule has 0 radical (unpaired) electrons. The van der Waals surface area contributed by atoms with Crippen molar-refractivity contribution >= 4 is 28.6 Å². The van der Waals surface area contributed by atoms with E-state index in [4.69, 9.17) is 0 Å². The number of nitrogens with zero attached hydrogens (tertiary/aromatic N) is 3. The normalized spacial score (nSPS) is 12.6. The van der Waals surface area contributed by atoms with Gasteiger partial charge in [-0.15, -0.1) is 0 Å². The highest BCUT2D eigenvalue weighted by atomic mass is 19.1. The van der Waals surface area contributed by atoms with Gasteiger partial charge < -0.3 is 4.98 Å². The molecule has 6 heteroatoms. The Kier molecular flexibility index (Phi) is 4.95. The molecule has 0 fully saturated rings. The zero-order valence-electron chi connectivity index (χ0n) is 17.4. The molecule has 5 aromatic rings. The van der Waals surface area contributed by atoms with Crippen molar-refractivity contribution in [3.63, 3.8) is 0 Å². The van der Waals surface area contributed by atoms with Crippen molar-refractivity contribution in [2.24, 2.45) is 0 Å². The van der Waals surface area contributed by atoms with E-state index in [2.05, 4.69) is 37.8 Å². The highest BCUT2D eigenvalue weighted by Gasteiger charge is 2.13. The molecule has 0 amide bonds. The molecule has 4 heterocycles. The van der Waals surface area contributed by atoms with Crippen molar-refractivity contribution in [1.29, 1.82) is 0 Å². The summed E-state index contributed by atoms with van der Waals surface area (Å²) >= 11 is 0. The topological polar surface area (TPSA) is 70.2 Å². The monoisotopic (exact) mass is 421 g/mol. The lowest BCUT2D eigenvalue weighted by molar-refractivity contribution is 0.628. The minimum atomic E-state index is -0.266. The number of pyridine rings is 2. The summed E-state index contributed by atoms with van der Waals surface area (Å²) in [5, 5.41) is 10.5. The Bertz CT molecular complexity index is 1540. The molecule has 0 bridgehead atoms. The van der Waals surface area contributed by atoms with Gasteiger partial charge in [0.1, 0.15) is 11.5 Å². The van der Waals surface area contributed by atoms with Crippen molar-refractivity contribution in [3.05, 3.63) is 95.8 Å². The van der Waals surface area contributed by atoms with E-state index in [0.717, 1.165) is 55.1 Å². The number of aromatic amines is 2. The molecule has 0 aliphatic carbocycles. The Labute approximate surface area is 183 Å². The molecule has 5 rings (SSSR count). The highest BCUT2D eigenvalue weighted by Crippen LogP contribution is 2.30. The predicted molar refractivity (Wildman–Crippen MR) is 126 cm³/mol. The van der Waals surface area contributed by atoms with E-state index in [1.807, 2.05) is 31.2 Å². The number of H-pyrrole nitrogens is 2. The molecular formula is C26H20FN5. The zero-order chi connectivity index (χ0) is 22.1. The summed E-state index contributed by atoms with van der Waals surface area (Å²) in [5.74, 6) is -0.266. The molecular weight excluding hydrogens is 401 g/mol. The molecule has 2 N–H and O–H groups in total. The largest absolute Gasteiger partial charge is 0.352 e. The van der Waals surface area contributed by atoms with Gasteiger partial charge in [-0.3, -0.25) is 15.1 Å². The van der Waals surface area contributed by atoms with E-state index in [1.165, 1.54) is 12.1 Å². The molecule has 0 aliphatic heterocycles. The summed E-state index contributed by atoms with van der Waals surface area (Å²) < 4.78 is 13.4. The summed E-state index contributed by atoms with van der Waals surface area (Å²) in [7, 11) is 0. The molecule has 0 saturated carbocycles. The van der Waals surface area contributed by atoms with Crippen LogP contribution < -0.4 is 10.6 Å². The van der Waals surface area contributed by atoms with Crippen LogP contribution in [0.25, 0.3) is 51.1 Å². The van der Waals surface area contributed by atoms with E-state index in [9.17, 15) is 4.39 Å². The van der Waals surface area contributed by atoms with Gasteiger partial charge in [-0.1, -0.05) is 24.8 Å². The van der Waals surface area contributed by atoms with Crippen molar-refractivity contribution < 1.29 is 4.39 Å². The van der Waals surface area contributed by atoms with Gasteiger partial charge in [0.25, 0.3) is 0 Å². The first kappa shape index (κ1) is 19.6. The Morgan fingerprint density at radius 3 is 2.56 bits per heavy atom. The highest BCUT2D eigenvalue weighted by molar-refractivity contribution is 5.97. The van der Waals surface area contributed by atoms with Crippen LogP contribution in [-0.2, 0) is 0 Å². The second-order valence-corrected chi connectivity index (χ2v) is 7.43. The van der Waals surface area contributed by atoms with Crippen LogP contribution in [0.1, 0.15) is 12.5 Å². The Morgan fingerprint density at radius 2 is 1.81 bits per heavy atom. The fourth-order valence-corrected chi connectivity index (χ4v) is 3.80. The molecule has 0 aliphatic rings. The first-order chi connectivity index (χ1) is 15.6. The van der Waals surface area contributed by atoms with E-state index in [1.54, 1.807) is 36.9 Å². The van der Waals surface area contributed by atoms with Crippen molar-refractivity contribution in [3.8, 4) is 22.5 Å². The van der Waals surface area contributed by atoms with Gasteiger partial charge in [0.05, 0.1) is 22.8 Å². The van der Waals surface area contributed by atoms with Gasteiger partial charge in [-0.25, -0.2) is 4.39 Å². The molecule has 32 heavy (non-hydrogen) atoms. The van der Waals surface area contributed by atoms with E-state index >= 15 is 0 Å². The Morgan fingerprint density at radius 1 is 1.03 bits per heavy atom. The number of nitrogens with one attached hydrogen (secondary N) is 2. The van der Waals surface area contributed by atoms with Crippen LogP contribution in [-0.4, -0.2) is 25.1 Å². The van der Waals surface area contributed by atoms with Crippen molar-refractivity contribution in [1.82, 2.24) is 25.1 Å². The molecule has 0 saturated heterocycles. The number of benzene rings is 1. The number of halogens is 1. The van der Waals surface area contributed by atoms with Crippen LogP contribution in [0.4, 0.5) is 4.39 Å². The average molecular weight is 421 g/mol. The lowest BCUT2D eigenvalue weighted by Crippen LogP contribution is -2.23. The van der Waals surface area contributed by atoms with Crippen LogP contribution in [0.5, 0.6) is 0 Å². The van der Waals surface area contributed by atoms with Crippen LogP contribution in [0, 0.1) is 5.82 Å². The third kappa shape index (κ3) is 3.52. The quantitative estimate of drug-likeness (QED) is 0.450. The predicted octanol–water partition coefficient (Wildman–Crippen LogP) is 4.45. The SMILES string of the molecule is C=C(/C=c1/c(-c2cc3c(-c4ccc(F)cc4)cncc3[nH]2)n[nH]/c1=C/C)c1ccncc1. The summed E-state index contributed by atoms with van der Waals surface area (Å²) in [5.41, 5.74) is 6.21. The molecule has 0 spiro atoms. The number of hydrogen-bond acceptors (Lipinski definition) is 3. The smallest absolute Gasteiger partial charge is 0.123 e. The van der Waals surface area contributed by atoms with Gasteiger partial charge in [-0.05, 0) is 60.0 Å². The standard InChI is InChI=1S/C26H20FN5/c1-3-23-21(12-16(2)17-8-10-28-11-9-17)26(32-31-23)24-13-20-22(14-29-15-25(20)30-24)18-4-6-19(27)7-5-18/h3-15,30-31H,2H2,1H3/b21-12+,23-3+. The summed E-state index contributed by atoms with van der Waals surface area (Å²) in [6.45, 7) is 6.19. The lowest BCUT2D eigenvalue weighted by atomic mass is 10.0. The second kappa shape index (κ2) is 8.07. The Balaban J connectivity index is 1.67. The number of allylic oxidation sites excluding steroid dienone is 1. The van der Waals surface area contributed by atoms with Gasteiger partial charge in [0, 0.05) is 34.8 Å². The summed E-state index contributed by atoms with van der Waals surface area (Å²) in [6.07, 6.45) is 11.1. The van der Waals surface area contributed by atoms with Gasteiger partial charge in [0.2, 0.25) is 0 Å². The molecule has 156 valence electrons. The first-order valence-corrected chi connectivity index (χ1v) is 10.2. The van der Waals surface area contributed by atoms with E-state index in [-0.39, 0.29) is 5.82 Å². The molecule has 1 aromatic carbocycles. The molecule has 4 aromatic heterocycles. The maximum absolute atomic E-state index is 13.4. The summed E-state index contributed by atoms with van der Waals surface area (Å²) in [6, 6.07) is 12.3. The molecule has 0 atom stereocenters. The minimum absolute atomic E-state index is 0.266. The van der Waals surface area contributed by atoms with Crippen LogP contribution >= 0.6 is 0 Å². The van der Waals surface area contributed by atoms with Gasteiger partial charge in [-0.2, -0.15) is 5.10 Å². The van der Waals surface area contributed by atoms with Crippen LogP contribution in [0.2, 0.25) is 0 Å². The van der Waals surface area contributed by atoms with E-state index in [0.29, 0.717) is 0 Å². The molecule has 0 unspecified atom stereocenters. The fourth-order valence-electron chi connectivity index (χ4n) is 3.80. The third-order valence-electron chi connectivity index (χ3n) is 5.45. The number of hydrogen-bond donors (Lipinski definition) is 2. The second-order valence-electron chi connectivity index (χ2n) is 7.43. The van der Waals surface area contributed by atoms with Gasteiger partial charge in [0.15, 0.2) is 0 Å². The number of fused-ring (bicyclic) bond motifs is 1. The maximum atomic E-state index is 13.4. The number of aromatic nitrogens is 5. The van der Waals surface area contributed by atoms with Crippen LogP contribution in [0.15, 0.2) is 73.8 Å². The number of rotatable bonds is 4. The van der Waals surface area contributed by atoms with Crippen molar-refractivity contribution in [2.75, 3.05) is 0 Å². The molecule has 5 nitrogen and oxygen atoms in total. The Hall–Kier alpha value is -4.32. The third-order valence-corrected chi connectivity index (χ3v) is 5.45. The van der Waals surface area contributed by atoms with Crippen molar-refractivity contribution in [2.45, 2.75) is 6.92 Å².